The van der Waals surface area contributed by atoms with Gasteiger partial charge in [-0.3, -0.25) is 5.26 Å². The van der Waals surface area contributed by atoms with Gasteiger partial charge in [0.2, 0.25) is 0 Å². The molecule has 0 saturated carbocycles. The minimum Gasteiger partial charge on any atom is -0.444 e. The Balaban J connectivity index is 5.26. The third-order valence-corrected chi connectivity index (χ3v) is 3.11. The second-order valence-corrected chi connectivity index (χ2v) is 7.83. The molecule has 0 aliphatic carbocycles. The van der Waals surface area contributed by atoms with Crippen LogP contribution >= 0.6 is 0 Å². The van der Waals surface area contributed by atoms with Crippen molar-refractivity contribution in [2.45, 2.75) is 91.6 Å². The van der Waals surface area contributed by atoms with Crippen LogP contribution in [0.3, 0.4) is 0 Å². The first-order valence-corrected chi connectivity index (χ1v) is 8.35. The van der Waals surface area contributed by atoms with Crippen LogP contribution in [-0.4, -0.2) is 52.7 Å². The van der Waals surface area contributed by atoms with Crippen LogP contribution in [0.2, 0.25) is 0 Å². The molecule has 0 bridgehead atoms. The molecule has 0 radical (unpaired) electrons. The summed E-state index contributed by atoms with van der Waals surface area (Å²) in [5.41, 5.74) is -0.947. The second-order valence-electron chi connectivity index (χ2n) is 7.83. The van der Waals surface area contributed by atoms with Crippen molar-refractivity contribution in [3.8, 4) is 0 Å². The summed E-state index contributed by atoms with van der Waals surface area (Å²) in [7, 11) is 0. The van der Waals surface area contributed by atoms with Gasteiger partial charge in [0.25, 0.3) is 0 Å². The van der Waals surface area contributed by atoms with E-state index in [-0.39, 0.29) is 18.3 Å². The van der Waals surface area contributed by atoms with E-state index >= 15 is 0 Å². The minimum atomic E-state index is -0.583. The molecule has 6 nitrogen and oxygen atoms in total. The van der Waals surface area contributed by atoms with E-state index in [4.69, 9.17) is 14.7 Å². The molecule has 1 amide bonds. The number of ether oxygens (including phenoxy) is 2. The molecule has 0 saturated heterocycles. The molecule has 0 aliphatic rings. The van der Waals surface area contributed by atoms with Gasteiger partial charge in [-0.15, -0.1) is 0 Å². The molecule has 1 N–H and O–H groups in total. The Morgan fingerprint density at radius 1 is 1.13 bits per heavy atom. The maximum absolute atomic E-state index is 12.6. The summed E-state index contributed by atoms with van der Waals surface area (Å²) in [4.78, 5) is 18.5. The van der Waals surface area contributed by atoms with Crippen molar-refractivity contribution in [2.24, 2.45) is 0 Å². The van der Waals surface area contributed by atoms with Crippen LogP contribution in [0.5, 0.6) is 0 Å². The monoisotopic (exact) mass is 333 g/mol. The molecule has 0 rings (SSSR count). The van der Waals surface area contributed by atoms with Gasteiger partial charge in [0.15, 0.2) is 0 Å². The number of hydrogen-bond donors (Lipinski definition) is 1. The number of nitrogens with zero attached hydrogens (tertiary/aromatic N) is 1. The maximum atomic E-state index is 12.6. The molecule has 0 aromatic heterocycles. The number of carbonyl (C=O) groups excluding carboxylic acids is 1. The molecule has 0 fully saturated rings. The van der Waals surface area contributed by atoms with E-state index < -0.39 is 17.7 Å². The zero-order valence-corrected chi connectivity index (χ0v) is 16.0. The van der Waals surface area contributed by atoms with Crippen molar-refractivity contribution in [1.82, 2.24) is 4.90 Å². The van der Waals surface area contributed by atoms with Crippen molar-refractivity contribution in [3.63, 3.8) is 0 Å². The van der Waals surface area contributed by atoms with Crippen LogP contribution < -0.4 is 0 Å². The number of hydrogen-bond acceptors (Lipinski definition) is 5. The lowest BCUT2D eigenvalue weighted by Crippen LogP contribution is -2.52. The van der Waals surface area contributed by atoms with E-state index in [1.165, 1.54) is 0 Å². The van der Waals surface area contributed by atoms with E-state index in [1.807, 2.05) is 48.5 Å². The lowest BCUT2D eigenvalue weighted by atomic mass is 10.1. The van der Waals surface area contributed by atoms with Crippen molar-refractivity contribution >= 4 is 6.09 Å². The molecule has 0 aliphatic heterocycles. The van der Waals surface area contributed by atoms with Crippen LogP contribution in [0, 0.1) is 0 Å². The molecule has 138 valence electrons. The Kier molecular flexibility index (Phi) is 9.10. The lowest BCUT2D eigenvalue weighted by Gasteiger charge is -2.38. The average Bonchev–Trinajstić information content (AvgIpc) is 2.33. The fourth-order valence-corrected chi connectivity index (χ4v) is 2.23. The van der Waals surface area contributed by atoms with Gasteiger partial charge in [0, 0.05) is 6.54 Å². The third kappa shape index (κ3) is 9.79. The molecular formula is C17H35NO5. The predicted molar refractivity (Wildman–Crippen MR) is 90.5 cm³/mol. The van der Waals surface area contributed by atoms with Gasteiger partial charge in [0.05, 0.1) is 17.7 Å². The van der Waals surface area contributed by atoms with Crippen LogP contribution in [-0.2, 0) is 14.4 Å². The maximum Gasteiger partial charge on any atom is 0.410 e. The van der Waals surface area contributed by atoms with Crippen LogP contribution in [0.1, 0.15) is 68.2 Å². The highest BCUT2D eigenvalue weighted by molar-refractivity contribution is 5.68. The fraction of sp³-hybridized carbons (Fsp3) is 0.941. The molecular weight excluding hydrogens is 298 g/mol. The van der Waals surface area contributed by atoms with Gasteiger partial charge in [-0.2, -0.15) is 0 Å². The normalized spacial score (nSPS) is 15.2. The summed E-state index contributed by atoms with van der Waals surface area (Å²) in [5, 5.41) is 8.94. The lowest BCUT2D eigenvalue weighted by molar-refractivity contribution is -0.259. The van der Waals surface area contributed by atoms with Gasteiger partial charge in [-0.05, 0) is 54.9 Å². The highest BCUT2D eigenvalue weighted by atomic mass is 17.1. The summed E-state index contributed by atoms with van der Waals surface area (Å²) in [6, 6.07) is -0.430. The summed E-state index contributed by atoms with van der Waals surface area (Å²) >= 11 is 0. The zero-order chi connectivity index (χ0) is 18.3. The van der Waals surface area contributed by atoms with E-state index in [0.29, 0.717) is 6.54 Å². The zero-order valence-electron chi connectivity index (χ0n) is 16.0. The molecule has 6 heteroatoms. The van der Waals surface area contributed by atoms with Crippen molar-refractivity contribution in [3.05, 3.63) is 0 Å². The molecule has 0 heterocycles. The Bertz CT molecular complexity index is 346. The van der Waals surface area contributed by atoms with Gasteiger partial charge >= 0.3 is 6.09 Å². The first-order valence-electron chi connectivity index (χ1n) is 8.35. The molecule has 2 unspecified atom stereocenters. The molecule has 2 atom stereocenters. The number of unbranched alkanes of at least 4 members (excludes halogenated alkanes) is 1. The van der Waals surface area contributed by atoms with Crippen LogP contribution in [0.15, 0.2) is 0 Å². The van der Waals surface area contributed by atoms with Gasteiger partial charge < -0.3 is 14.4 Å². The molecule has 0 spiro atoms. The second kappa shape index (κ2) is 9.45. The van der Waals surface area contributed by atoms with Crippen LogP contribution in [0.4, 0.5) is 4.79 Å². The Morgan fingerprint density at radius 2 is 1.70 bits per heavy atom. The molecule has 0 aromatic rings. The largest absolute Gasteiger partial charge is 0.444 e. The van der Waals surface area contributed by atoms with Gasteiger partial charge in [-0.25, -0.2) is 9.68 Å². The van der Waals surface area contributed by atoms with E-state index in [1.54, 1.807) is 4.90 Å². The summed E-state index contributed by atoms with van der Waals surface area (Å²) in [5.74, 6) is 0. The minimum absolute atomic E-state index is 0.0276. The van der Waals surface area contributed by atoms with Crippen molar-refractivity contribution < 1.29 is 24.4 Å². The average molecular weight is 333 g/mol. The quantitative estimate of drug-likeness (QED) is 0.535. The summed E-state index contributed by atoms with van der Waals surface area (Å²) < 4.78 is 11.5. The topological polar surface area (TPSA) is 68.2 Å². The number of rotatable bonds is 8. The smallest absolute Gasteiger partial charge is 0.410 e. The summed E-state index contributed by atoms with van der Waals surface area (Å²) in [6.07, 6.45) is 1.05. The summed E-state index contributed by atoms with van der Waals surface area (Å²) in [6.45, 7) is 15.8. The molecule has 0 aromatic carbocycles. The van der Waals surface area contributed by atoms with E-state index in [2.05, 4.69) is 11.8 Å². The Morgan fingerprint density at radius 3 is 2.09 bits per heavy atom. The third-order valence-electron chi connectivity index (χ3n) is 3.11. The van der Waals surface area contributed by atoms with E-state index in [0.717, 1.165) is 12.8 Å². The van der Waals surface area contributed by atoms with Gasteiger partial charge in [0.1, 0.15) is 12.2 Å². The molecule has 23 heavy (non-hydrogen) atoms. The standard InChI is InChI=1S/C17H35NO5/c1-9-10-11-18(15(19)23-17(6,7)8)14(12-21-20)13(2)22-16(3,4)5/h13-14,20H,9-12H2,1-8H3. The Labute approximate surface area is 141 Å². The Hall–Kier alpha value is -0.850. The van der Waals surface area contributed by atoms with Gasteiger partial charge in [-0.1, -0.05) is 13.3 Å². The van der Waals surface area contributed by atoms with Crippen molar-refractivity contribution in [1.29, 1.82) is 0 Å². The van der Waals surface area contributed by atoms with Crippen LogP contribution in [0.25, 0.3) is 0 Å². The number of carbonyl (C=O) groups is 1. The highest BCUT2D eigenvalue weighted by Gasteiger charge is 2.34. The fourth-order valence-electron chi connectivity index (χ4n) is 2.23. The van der Waals surface area contributed by atoms with Crippen molar-refractivity contribution in [2.75, 3.05) is 13.2 Å². The predicted octanol–water partition coefficient (Wildman–Crippen LogP) is 4.09. The first-order chi connectivity index (χ1) is 10.4. The first kappa shape index (κ1) is 22.1. The number of amides is 1. The highest BCUT2D eigenvalue weighted by Crippen LogP contribution is 2.20. The van der Waals surface area contributed by atoms with E-state index in [9.17, 15) is 4.79 Å². The SMILES string of the molecule is CCCCN(C(=O)OC(C)(C)C)C(COO)C(C)OC(C)(C)C.